The Kier molecular flexibility index (Phi) is 5.33. The molecule has 2 heterocycles. The molecule has 0 unspecified atom stereocenters. The van der Waals surface area contributed by atoms with Crippen LogP contribution in [0.1, 0.15) is 0 Å². The number of nitrogens with zero attached hydrogens (tertiary/aromatic N) is 1. The highest BCUT2D eigenvalue weighted by molar-refractivity contribution is 8.14. The fraction of sp³-hybridized carbons (Fsp3) is 0.364. The quantitative estimate of drug-likeness (QED) is 0.714. The minimum absolute atomic E-state index is 0.166. The topological polar surface area (TPSA) is 83.1 Å². The molecule has 0 saturated carbocycles. The van der Waals surface area contributed by atoms with Gasteiger partial charge in [-0.15, -0.1) is 0 Å². The minimum Gasteiger partial charge on any atom is -0.367 e. The molecule has 1 atom stereocenters. The lowest BCUT2D eigenvalue weighted by atomic mass is 10.3. The summed E-state index contributed by atoms with van der Waals surface area (Å²) >= 11 is 12.8. The zero-order chi connectivity index (χ0) is 14.5. The number of thioether (sulfide) groups is 1. The van der Waals surface area contributed by atoms with Gasteiger partial charge >= 0.3 is 0 Å². The second-order valence-electron chi connectivity index (χ2n) is 4.00. The first-order valence-corrected chi connectivity index (χ1v) is 7.56. The lowest BCUT2D eigenvalue weighted by molar-refractivity contribution is -0.122. The van der Waals surface area contributed by atoms with Crippen molar-refractivity contribution in [2.24, 2.45) is 0 Å². The van der Waals surface area contributed by atoms with Gasteiger partial charge in [0.05, 0.1) is 10.0 Å². The van der Waals surface area contributed by atoms with Crippen molar-refractivity contribution >= 4 is 51.9 Å². The van der Waals surface area contributed by atoms with Gasteiger partial charge in [-0.25, -0.2) is 4.98 Å². The number of hydrogen-bond donors (Lipinski definition) is 3. The number of pyridine rings is 1. The molecule has 3 N–H and O–H groups in total. The standard InChI is InChI=1S/C11H12Cl2N4O2S/c12-6-3-7(13)9(16-4-6)14-1-2-15-10(18)8-5-20-11(19)17-8/h3-4,8H,1-2,5H2,(H,14,16)(H,15,18)(H,17,19)/t8-/m0/s1. The number of carbonyl (C=O) groups excluding carboxylic acids is 2. The van der Waals surface area contributed by atoms with Gasteiger partial charge in [-0.2, -0.15) is 0 Å². The first kappa shape index (κ1) is 15.2. The van der Waals surface area contributed by atoms with Gasteiger partial charge in [0.15, 0.2) is 0 Å². The van der Waals surface area contributed by atoms with Crippen molar-refractivity contribution in [2.75, 3.05) is 24.2 Å². The van der Waals surface area contributed by atoms with Gasteiger partial charge in [0.1, 0.15) is 11.9 Å². The van der Waals surface area contributed by atoms with Crippen molar-refractivity contribution in [3.8, 4) is 0 Å². The molecule has 0 aromatic carbocycles. The summed E-state index contributed by atoms with van der Waals surface area (Å²) in [7, 11) is 0. The van der Waals surface area contributed by atoms with Crippen LogP contribution in [0.2, 0.25) is 10.0 Å². The van der Waals surface area contributed by atoms with E-state index in [4.69, 9.17) is 23.2 Å². The summed E-state index contributed by atoms with van der Waals surface area (Å²) in [6.45, 7) is 0.865. The molecule has 6 nitrogen and oxygen atoms in total. The summed E-state index contributed by atoms with van der Waals surface area (Å²) in [6, 6.07) is 1.13. The van der Waals surface area contributed by atoms with E-state index in [0.29, 0.717) is 34.7 Å². The molecule has 0 spiro atoms. The molecular formula is C11H12Cl2N4O2S. The smallest absolute Gasteiger partial charge is 0.279 e. The first-order valence-electron chi connectivity index (χ1n) is 5.82. The Bertz CT molecular complexity index is 529. The van der Waals surface area contributed by atoms with E-state index >= 15 is 0 Å². The molecule has 0 radical (unpaired) electrons. The summed E-state index contributed by atoms with van der Waals surface area (Å²) in [5, 5.41) is 8.99. The molecule has 108 valence electrons. The zero-order valence-corrected chi connectivity index (χ0v) is 12.6. The van der Waals surface area contributed by atoms with E-state index in [1.54, 1.807) is 6.07 Å². The molecular weight excluding hydrogens is 323 g/mol. The number of halogens is 2. The monoisotopic (exact) mass is 334 g/mol. The van der Waals surface area contributed by atoms with E-state index in [1.807, 2.05) is 0 Å². The van der Waals surface area contributed by atoms with E-state index in [-0.39, 0.29) is 11.1 Å². The Labute approximate surface area is 130 Å². The van der Waals surface area contributed by atoms with Crippen LogP contribution >= 0.6 is 35.0 Å². The number of nitrogens with one attached hydrogen (secondary N) is 3. The minimum atomic E-state index is -0.454. The van der Waals surface area contributed by atoms with E-state index < -0.39 is 6.04 Å². The van der Waals surface area contributed by atoms with Crippen LogP contribution in [0.5, 0.6) is 0 Å². The van der Waals surface area contributed by atoms with Crippen LogP contribution in [0, 0.1) is 0 Å². The molecule has 1 fully saturated rings. The molecule has 20 heavy (non-hydrogen) atoms. The SMILES string of the molecule is O=C1N[C@H](C(=O)NCCNc2ncc(Cl)cc2Cl)CS1. The Morgan fingerprint density at radius 1 is 1.50 bits per heavy atom. The third-order valence-corrected chi connectivity index (χ3v) is 3.89. The molecule has 1 aromatic rings. The van der Waals surface area contributed by atoms with Gasteiger partial charge in [0.25, 0.3) is 5.24 Å². The van der Waals surface area contributed by atoms with Crippen LogP contribution in [0.3, 0.4) is 0 Å². The average Bonchev–Trinajstić information content (AvgIpc) is 2.83. The summed E-state index contributed by atoms with van der Waals surface area (Å²) in [5.41, 5.74) is 0. The zero-order valence-electron chi connectivity index (χ0n) is 10.3. The summed E-state index contributed by atoms with van der Waals surface area (Å²) in [5.74, 6) is 0.776. The van der Waals surface area contributed by atoms with Crippen molar-refractivity contribution in [1.29, 1.82) is 0 Å². The van der Waals surface area contributed by atoms with Gasteiger partial charge < -0.3 is 16.0 Å². The van der Waals surface area contributed by atoms with Crippen LogP contribution in [-0.4, -0.2) is 41.0 Å². The van der Waals surface area contributed by atoms with Gasteiger partial charge in [0.2, 0.25) is 5.91 Å². The first-order chi connectivity index (χ1) is 9.56. The fourth-order valence-electron chi connectivity index (χ4n) is 1.56. The highest BCUT2D eigenvalue weighted by atomic mass is 35.5. The average molecular weight is 335 g/mol. The van der Waals surface area contributed by atoms with E-state index in [9.17, 15) is 9.59 Å². The molecule has 2 amide bonds. The number of hydrogen-bond acceptors (Lipinski definition) is 5. The van der Waals surface area contributed by atoms with Crippen LogP contribution in [0.15, 0.2) is 12.3 Å². The van der Waals surface area contributed by atoms with Crippen molar-refractivity contribution < 1.29 is 9.59 Å². The summed E-state index contributed by atoms with van der Waals surface area (Å²) in [4.78, 5) is 26.7. The van der Waals surface area contributed by atoms with E-state index in [2.05, 4.69) is 20.9 Å². The summed E-state index contributed by atoms with van der Waals surface area (Å²) in [6.07, 6.45) is 1.49. The van der Waals surface area contributed by atoms with Crippen molar-refractivity contribution in [3.63, 3.8) is 0 Å². The van der Waals surface area contributed by atoms with E-state index in [0.717, 1.165) is 11.8 Å². The number of rotatable bonds is 5. The molecule has 0 bridgehead atoms. The number of amides is 2. The molecule has 0 aliphatic carbocycles. The van der Waals surface area contributed by atoms with Gasteiger partial charge in [-0.1, -0.05) is 35.0 Å². The van der Waals surface area contributed by atoms with Gasteiger partial charge in [-0.05, 0) is 6.07 Å². The van der Waals surface area contributed by atoms with Crippen LogP contribution in [0.4, 0.5) is 10.6 Å². The Balaban J connectivity index is 1.71. The Morgan fingerprint density at radius 3 is 2.95 bits per heavy atom. The maximum Gasteiger partial charge on any atom is 0.279 e. The number of carbonyl (C=O) groups is 2. The van der Waals surface area contributed by atoms with Crippen molar-refractivity contribution in [1.82, 2.24) is 15.6 Å². The molecule has 1 saturated heterocycles. The third-order valence-electron chi connectivity index (χ3n) is 2.51. The Hall–Kier alpha value is -1.18. The lowest BCUT2D eigenvalue weighted by Gasteiger charge is -2.11. The van der Waals surface area contributed by atoms with Crippen LogP contribution in [-0.2, 0) is 4.79 Å². The lowest BCUT2D eigenvalue weighted by Crippen LogP contribution is -2.44. The van der Waals surface area contributed by atoms with Gasteiger partial charge in [0, 0.05) is 25.0 Å². The van der Waals surface area contributed by atoms with Crippen molar-refractivity contribution in [3.05, 3.63) is 22.3 Å². The molecule has 1 aromatic heterocycles. The highest BCUT2D eigenvalue weighted by Crippen LogP contribution is 2.22. The second-order valence-corrected chi connectivity index (χ2v) is 5.83. The predicted octanol–water partition coefficient (Wildman–Crippen LogP) is 1.74. The predicted molar refractivity (Wildman–Crippen MR) is 80.5 cm³/mol. The molecule has 1 aliphatic heterocycles. The normalized spacial score (nSPS) is 17.7. The third kappa shape index (κ3) is 4.16. The number of aromatic nitrogens is 1. The summed E-state index contributed by atoms with van der Waals surface area (Å²) < 4.78 is 0. The maximum absolute atomic E-state index is 11.7. The Morgan fingerprint density at radius 2 is 2.30 bits per heavy atom. The number of anilines is 1. The largest absolute Gasteiger partial charge is 0.367 e. The maximum atomic E-state index is 11.7. The fourth-order valence-corrected chi connectivity index (χ4v) is 2.79. The highest BCUT2D eigenvalue weighted by Gasteiger charge is 2.27. The second kappa shape index (κ2) is 7.01. The molecule has 9 heteroatoms. The molecule has 2 rings (SSSR count). The van der Waals surface area contributed by atoms with E-state index in [1.165, 1.54) is 6.20 Å². The van der Waals surface area contributed by atoms with Gasteiger partial charge in [-0.3, -0.25) is 9.59 Å². The van der Waals surface area contributed by atoms with Crippen LogP contribution in [0.25, 0.3) is 0 Å². The molecule has 1 aliphatic rings. The van der Waals surface area contributed by atoms with Crippen LogP contribution < -0.4 is 16.0 Å². The van der Waals surface area contributed by atoms with Crippen molar-refractivity contribution in [2.45, 2.75) is 6.04 Å².